The van der Waals surface area contributed by atoms with Gasteiger partial charge in [0.2, 0.25) is 0 Å². The van der Waals surface area contributed by atoms with Gasteiger partial charge < -0.3 is 10.1 Å². The number of aliphatic hydroxyl groups excluding tert-OH is 1. The molecular formula is C26H22N4O3. The van der Waals surface area contributed by atoms with E-state index in [1.165, 1.54) is 4.90 Å². The van der Waals surface area contributed by atoms with Crippen molar-refractivity contribution in [2.24, 2.45) is 0 Å². The zero-order valence-electron chi connectivity index (χ0n) is 18.0. The Hall–Kier alpha value is -4.26. The molecule has 5 rings (SSSR count). The Labute approximate surface area is 190 Å². The molecule has 1 amide bonds. The minimum absolute atomic E-state index is 0.136. The number of aliphatic hydroxyl groups is 1. The highest BCUT2D eigenvalue weighted by Gasteiger charge is 2.44. The number of Topliss-reactive ketones (excluding diaryl/α,β-unsaturated/α-hetero) is 1. The number of imidazole rings is 1. The predicted octanol–water partition coefficient (Wildman–Crippen LogP) is 4.89. The number of pyridine rings is 1. The molecule has 164 valence electrons. The van der Waals surface area contributed by atoms with E-state index in [1.54, 1.807) is 30.7 Å². The Balaban J connectivity index is 1.61. The third kappa shape index (κ3) is 3.57. The minimum Gasteiger partial charge on any atom is -0.503 e. The highest BCUT2D eigenvalue weighted by molar-refractivity contribution is 6.16. The number of ketones is 1. The van der Waals surface area contributed by atoms with E-state index in [9.17, 15) is 14.7 Å². The third-order valence-corrected chi connectivity index (χ3v) is 5.85. The first-order chi connectivity index (χ1) is 16.1. The normalized spacial score (nSPS) is 16.1. The summed E-state index contributed by atoms with van der Waals surface area (Å²) in [5.41, 5.74) is 4.71. The highest BCUT2D eigenvalue weighted by Crippen LogP contribution is 2.42. The summed E-state index contributed by atoms with van der Waals surface area (Å²) in [5, 5.41) is 10.8. The topological polar surface area (TPSA) is 99.2 Å². The summed E-state index contributed by atoms with van der Waals surface area (Å²) in [6, 6.07) is 17.9. The molecule has 2 aromatic carbocycles. The van der Waals surface area contributed by atoms with Crippen molar-refractivity contribution in [3.8, 4) is 11.3 Å². The van der Waals surface area contributed by atoms with Gasteiger partial charge in [0, 0.05) is 23.9 Å². The van der Waals surface area contributed by atoms with Crippen molar-refractivity contribution >= 4 is 28.4 Å². The van der Waals surface area contributed by atoms with Gasteiger partial charge >= 0.3 is 0 Å². The van der Waals surface area contributed by atoms with Crippen LogP contribution in [0.2, 0.25) is 0 Å². The van der Waals surface area contributed by atoms with Crippen LogP contribution in [0.3, 0.4) is 0 Å². The van der Waals surface area contributed by atoms with Crippen molar-refractivity contribution in [2.75, 3.05) is 4.90 Å². The number of carbonyl (C=O) groups is 2. The van der Waals surface area contributed by atoms with Gasteiger partial charge in [0.15, 0.2) is 11.5 Å². The van der Waals surface area contributed by atoms with Crippen molar-refractivity contribution in [1.29, 1.82) is 0 Å². The summed E-state index contributed by atoms with van der Waals surface area (Å²) in [4.78, 5) is 39.3. The smallest absolute Gasteiger partial charge is 0.294 e. The number of anilines is 1. The molecule has 1 aliphatic rings. The fraction of sp³-hybridized carbons (Fsp3) is 0.154. The maximum absolute atomic E-state index is 13.2. The number of hydrogen-bond acceptors (Lipinski definition) is 5. The fourth-order valence-corrected chi connectivity index (χ4v) is 4.28. The van der Waals surface area contributed by atoms with Crippen LogP contribution in [0.1, 0.15) is 31.4 Å². The lowest BCUT2D eigenvalue weighted by atomic mass is 9.93. The Bertz CT molecular complexity index is 1370. The number of benzene rings is 2. The van der Waals surface area contributed by atoms with E-state index >= 15 is 0 Å². The fourth-order valence-electron chi connectivity index (χ4n) is 4.28. The number of fused-ring (bicyclic) bond motifs is 1. The van der Waals surface area contributed by atoms with Crippen LogP contribution in [-0.4, -0.2) is 31.7 Å². The number of nitrogens with one attached hydrogen (secondary N) is 1. The number of nitrogens with zero attached hydrogens (tertiary/aromatic N) is 3. The van der Waals surface area contributed by atoms with Gasteiger partial charge in [-0.05, 0) is 42.3 Å². The maximum atomic E-state index is 13.2. The zero-order valence-corrected chi connectivity index (χ0v) is 18.0. The molecule has 7 heteroatoms. The number of carbonyl (C=O) groups excluding carboxylic acids is 2. The lowest BCUT2D eigenvalue weighted by Gasteiger charge is -2.27. The molecule has 0 saturated carbocycles. The summed E-state index contributed by atoms with van der Waals surface area (Å²) in [6.45, 7) is 1.90. The second-order valence-electron chi connectivity index (χ2n) is 7.95. The molecule has 3 heterocycles. The van der Waals surface area contributed by atoms with Crippen LogP contribution in [0, 0.1) is 0 Å². The van der Waals surface area contributed by atoms with Gasteiger partial charge in [-0.15, -0.1) is 0 Å². The molecule has 33 heavy (non-hydrogen) atoms. The van der Waals surface area contributed by atoms with Crippen LogP contribution in [0.25, 0.3) is 22.3 Å². The number of aromatic nitrogens is 3. The van der Waals surface area contributed by atoms with E-state index in [4.69, 9.17) is 0 Å². The second kappa shape index (κ2) is 8.35. The van der Waals surface area contributed by atoms with Gasteiger partial charge in [0.05, 0.1) is 34.7 Å². The molecule has 1 unspecified atom stereocenters. The molecule has 2 N–H and O–H groups in total. The highest BCUT2D eigenvalue weighted by atomic mass is 16.3. The Morgan fingerprint density at radius 3 is 2.64 bits per heavy atom. The van der Waals surface area contributed by atoms with Crippen LogP contribution < -0.4 is 4.90 Å². The summed E-state index contributed by atoms with van der Waals surface area (Å²) >= 11 is 0. The molecule has 1 atom stereocenters. The van der Waals surface area contributed by atoms with Crippen molar-refractivity contribution in [3.05, 3.63) is 90.1 Å². The second-order valence-corrected chi connectivity index (χ2v) is 7.95. The molecule has 7 nitrogen and oxygen atoms in total. The number of H-pyrrole nitrogens is 1. The van der Waals surface area contributed by atoms with Crippen LogP contribution in [0.4, 0.5) is 5.69 Å². The van der Waals surface area contributed by atoms with Crippen molar-refractivity contribution in [1.82, 2.24) is 15.0 Å². The Kier molecular flexibility index (Phi) is 5.22. The quantitative estimate of drug-likeness (QED) is 0.446. The zero-order chi connectivity index (χ0) is 22.9. The first kappa shape index (κ1) is 20.6. The van der Waals surface area contributed by atoms with E-state index in [2.05, 4.69) is 15.0 Å². The van der Waals surface area contributed by atoms with Gasteiger partial charge in [-0.25, -0.2) is 4.98 Å². The Morgan fingerprint density at radius 2 is 1.91 bits per heavy atom. The SMILES string of the molecule is CCCC(=O)C1=C(O)C(=O)N(c2ccc3nc[nH]c3c2)C1c1ccc(-c2ccccn2)cc1. The van der Waals surface area contributed by atoms with Gasteiger partial charge in [-0.1, -0.05) is 37.3 Å². The largest absolute Gasteiger partial charge is 0.503 e. The molecule has 2 aromatic heterocycles. The molecule has 0 radical (unpaired) electrons. The van der Waals surface area contributed by atoms with Crippen LogP contribution >= 0.6 is 0 Å². The molecule has 1 aliphatic heterocycles. The monoisotopic (exact) mass is 438 g/mol. The molecule has 4 aromatic rings. The first-order valence-electron chi connectivity index (χ1n) is 10.8. The molecule has 0 spiro atoms. The third-order valence-electron chi connectivity index (χ3n) is 5.85. The van der Waals surface area contributed by atoms with Crippen LogP contribution in [0.5, 0.6) is 0 Å². The summed E-state index contributed by atoms with van der Waals surface area (Å²) in [6.07, 6.45) is 4.19. The average Bonchev–Trinajstić information content (AvgIpc) is 3.42. The molecule has 0 bridgehead atoms. The van der Waals surface area contributed by atoms with E-state index in [1.807, 2.05) is 49.4 Å². The van der Waals surface area contributed by atoms with Crippen molar-refractivity contribution in [2.45, 2.75) is 25.8 Å². The van der Waals surface area contributed by atoms with E-state index in [0.29, 0.717) is 12.1 Å². The number of aromatic amines is 1. The van der Waals surface area contributed by atoms with E-state index in [-0.39, 0.29) is 17.8 Å². The average molecular weight is 438 g/mol. The maximum Gasteiger partial charge on any atom is 0.294 e. The number of amides is 1. The number of hydrogen-bond donors (Lipinski definition) is 2. The summed E-state index contributed by atoms with van der Waals surface area (Å²) in [7, 11) is 0. The lowest BCUT2D eigenvalue weighted by molar-refractivity contribution is -0.118. The van der Waals surface area contributed by atoms with Crippen molar-refractivity contribution < 1.29 is 14.7 Å². The number of rotatable bonds is 6. The van der Waals surface area contributed by atoms with Gasteiger partial charge in [-0.3, -0.25) is 19.5 Å². The Morgan fingerprint density at radius 1 is 1.09 bits per heavy atom. The van der Waals surface area contributed by atoms with E-state index in [0.717, 1.165) is 27.9 Å². The first-order valence-corrected chi connectivity index (χ1v) is 10.8. The molecular weight excluding hydrogens is 416 g/mol. The van der Waals surface area contributed by atoms with Crippen LogP contribution in [-0.2, 0) is 9.59 Å². The van der Waals surface area contributed by atoms with Gasteiger partial charge in [0.25, 0.3) is 5.91 Å². The van der Waals surface area contributed by atoms with E-state index < -0.39 is 17.7 Å². The molecule has 0 fully saturated rings. The summed E-state index contributed by atoms with van der Waals surface area (Å²) < 4.78 is 0. The van der Waals surface area contributed by atoms with Crippen LogP contribution in [0.15, 0.2) is 84.5 Å². The lowest BCUT2D eigenvalue weighted by Crippen LogP contribution is -2.31. The van der Waals surface area contributed by atoms with Crippen molar-refractivity contribution in [3.63, 3.8) is 0 Å². The standard InChI is InChI=1S/C26H22N4O3/c1-2-5-22(31)23-24(17-9-7-16(8-10-17)19-6-3-4-13-27-19)30(26(33)25(23)32)18-11-12-20-21(14-18)29-15-28-20/h3-4,6-15,24,32H,2,5H2,1H3,(H,28,29). The molecule has 0 saturated heterocycles. The van der Waals surface area contributed by atoms with Gasteiger partial charge in [-0.2, -0.15) is 0 Å². The van der Waals surface area contributed by atoms with Gasteiger partial charge in [0.1, 0.15) is 0 Å². The minimum atomic E-state index is -0.727. The summed E-state index contributed by atoms with van der Waals surface area (Å²) in [5.74, 6) is -1.31. The molecule has 0 aliphatic carbocycles. The predicted molar refractivity (Wildman–Crippen MR) is 126 cm³/mol.